The van der Waals surface area contributed by atoms with Crippen LogP contribution < -0.4 is 4.74 Å². The molecule has 0 saturated carbocycles. The van der Waals surface area contributed by atoms with Gasteiger partial charge in [0.05, 0.1) is 0 Å². The van der Waals surface area contributed by atoms with Crippen LogP contribution in [0, 0.1) is 29.9 Å². The first-order chi connectivity index (χ1) is 13.5. The summed E-state index contributed by atoms with van der Waals surface area (Å²) in [5.41, 5.74) is -0.401. The first kappa shape index (κ1) is 28.6. The molecule has 0 aliphatic carbocycles. The minimum absolute atomic E-state index is 0. The molecule has 1 aromatic carbocycles. The molecule has 0 saturated heterocycles. The molecule has 166 valence electrons. The van der Waals surface area contributed by atoms with Gasteiger partial charge in [0, 0.05) is 18.4 Å². The van der Waals surface area contributed by atoms with E-state index in [9.17, 15) is 18.0 Å². The van der Waals surface area contributed by atoms with Crippen molar-refractivity contribution in [3.8, 4) is 5.75 Å². The van der Waals surface area contributed by atoms with E-state index < -0.39 is 11.7 Å². The Morgan fingerprint density at radius 2 is 1.90 bits per heavy atom. The van der Waals surface area contributed by atoms with Crippen LogP contribution in [0.25, 0.3) is 0 Å². The van der Waals surface area contributed by atoms with E-state index in [1.54, 1.807) is 6.92 Å². The van der Waals surface area contributed by atoms with Crippen LogP contribution >= 0.6 is 0 Å². The molecule has 3 atom stereocenters. The molecular formula is C24H31F3O2W. The van der Waals surface area contributed by atoms with E-state index in [1.165, 1.54) is 6.07 Å². The summed E-state index contributed by atoms with van der Waals surface area (Å²) in [6.07, 6.45) is 4.42. The predicted molar refractivity (Wildman–Crippen MR) is 110 cm³/mol. The molecule has 0 bridgehead atoms. The van der Waals surface area contributed by atoms with Gasteiger partial charge in [-0.15, -0.1) is 12.0 Å². The van der Waals surface area contributed by atoms with E-state index in [0.717, 1.165) is 18.6 Å². The number of ether oxygens (including phenoxy) is 1. The summed E-state index contributed by atoms with van der Waals surface area (Å²) in [5, 5.41) is 0. The first-order valence-electron chi connectivity index (χ1n) is 9.93. The zero-order valence-corrected chi connectivity index (χ0v) is 21.2. The number of carbonyl (C=O) groups excluding carboxylic acids is 1. The molecule has 1 aromatic rings. The van der Waals surface area contributed by atoms with Gasteiger partial charge in [0.15, 0.2) is 0 Å². The number of allylic oxidation sites excluding steroid dienone is 2. The standard InChI is InChI=1S/C24H31F3O2.W/c1-7-9-10-11-22(28)14-16(3)17(4)18(5)19(6)29-23-15-21(24(25,26)27)13-12-20(23)8-2;/h9-10,12-13,15-18H,2,7,11,14H2,1,3-6H3;/q-2;+2/b10-9-;. The average Bonchev–Trinajstić information content (AvgIpc) is 2.66. The van der Waals surface area contributed by atoms with Crippen molar-refractivity contribution in [2.24, 2.45) is 17.8 Å². The smallest absolute Gasteiger partial charge is 0.715 e. The fourth-order valence-corrected chi connectivity index (χ4v) is 3.07. The van der Waals surface area contributed by atoms with Crippen molar-refractivity contribution in [1.29, 1.82) is 0 Å². The second-order valence-corrected chi connectivity index (χ2v) is 7.55. The van der Waals surface area contributed by atoms with Crippen LogP contribution in [0.2, 0.25) is 0 Å². The van der Waals surface area contributed by atoms with Crippen molar-refractivity contribution in [3.05, 3.63) is 60.2 Å². The summed E-state index contributed by atoms with van der Waals surface area (Å²) in [5.74, 6) is 0.464. The summed E-state index contributed by atoms with van der Waals surface area (Å²) in [6, 6.07) is 3.27. The van der Waals surface area contributed by atoms with Gasteiger partial charge >= 0.3 is 27.2 Å². The van der Waals surface area contributed by atoms with Crippen molar-refractivity contribution in [3.63, 3.8) is 0 Å². The molecule has 0 spiro atoms. The number of alkyl halides is 3. The fraction of sp³-hybridized carbons (Fsp3) is 0.500. The number of hydrogen-bond donors (Lipinski definition) is 0. The van der Waals surface area contributed by atoms with Crippen LogP contribution in [0.5, 0.6) is 5.75 Å². The summed E-state index contributed by atoms with van der Waals surface area (Å²) in [4.78, 5) is 12.1. The van der Waals surface area contributed by atoms with Gasteiger partial charge in [-0.1, -0.05) is 51.8 Å². The minimum atomic E-state index is -4.45. The number of hydrogen-bond acceptors (Lipinski definition) is 2. The Morgan fingerprint density at radius 3 is 2.43 bits per heavy atom. The molecule has 1 rings (SSSR count). The third-order valence-electron chi connectivity index (χ3n) is 5.40. The van der Waals surface area contributed by atoms with E-state index in [2.05, 4.69) is 12.7 Å². The summed E-state index contributed by atoms with van der Waals surface area (Å²) in [6.45, 7) is 13.3. The quantitative estimate of drug-likeness (QED) is 0.201. The number of Topliss-reactive ketones (excluding diaryl/α,β-unsaturated/α-hetero) is 1. The number of rotatable bonds is 11. The molecule has 0 aliphatic rings. The van der Waals surface area contributed by atoms with Gasteiger partial charge in [0.1, 0.15) is 5.78 Å². The van der Waals surface area contributed by atoms with Crippen molar-refractivity contribution >= 4 is 5.78 Å². The second kappa shape index (κ2) is 13.1. The molecule has 0 N–H and O–H groups in total. The van der Waals surface area contributed by atoms with Crippen LogP contribution in [-0.2, 0) is 32.0 Å². The number of benzene rings is 1. The van der Waals surface area contributed by atoms with Gasteiger partial charge in [-0.05, 0) is 18.1 Å². The van der Waals surface area contributed by atoms with E-state index in [-0.39, 0.29) is 50.4 Å². The van der Waals surface area contributed by atoms with Crippen molar-refractivity contribution < 1.29 is 43.8 Å². The Hall–Kier alpha value is -1.35. The Labute approximate surface area is 193 Å². The largest absolute Gasteiger partial charge is 2.00 e. The number of halogens is 3. The maximum Gasteiger partial charge on any atom is 2.00 e. The fourth-order valence-electron chi connectivity index (χ4n) is 3.07. The van der Waals surface area contributed by atoms with E-state index in [1.807, 2.05) is 39.8 Å². The monoisotopic (exact) mass is 592 g/mol. The molecular weight excluding hydrogens is 561 g/mol. The first-order valence-corrected chi connectivity index (χ1v) is 9.93. The molecule has 6 heteroatoms. The Bertz CT molecular complexity index is 713. The third-order valence-corrected chi connectivity index (χ3v) is 5.40. The van der Waals surface area contributed by atoms with E-state index in [0.29, 0.717) is 24.5 Å². The summed E-state index contributed by atoms with van der Waals surface area (Å²) in [7, 11) is 0. The van der Waals surface area contributed by atoms with Crippen molar-refractivity contribution in [2.75, 3.05) is 0 Å². The van der Waals surface area contributed by atoms with Crippen LogP contribution in [0.1, 0.15) is 65.0 Å². The Morgan fingerprint density at radius 1 is 1.27 bits per heavy atom. The molecule has 0 heterocycles. The van der Waals surface area contributed by atoms with Crippen molar-refractivity contribution in [1.82, 2.24) is 0 Å². The second-order valence-electron chi connectivity index (χ2n) is 7.55. The van der Waals surface area contributed by atoms with Crippen LogP contribution in [0.15, 0.2) is 36.9 Å². The molecule has 30 heavy (non-hydrogen) atoms. The van der Waals surface area contributed by atoms with Gasteiger partial charge in [-0.2, -0.15) is 50.5 Å². The summed E-state index contributed by atoms with van der Waals surface area (Å²) < 4.78 is 44.9. The number of ketones is 1. The van der Waals surface area contributed by atoms with Gasteiger partial charge < -0.3 is 4.74 Å². The van der Waals surface area contributed by atoms with Gasteiger partial charge in [-0.25, -0.2) is 0 Å². The SMILES string of the molecule is C=[C-]c1ccc(C(F)(F)F)cc1O[C-](C)C(C)C(C)C(C)CC(=O)C/C=C\CC.[W+2]. The molecule has 0 aromatic heterocycles. The van der Waals surface area contributed by atoms with Gasteiger partial charge in [0.2, 0.25) is 0 Å². The van der Waals surface area contributed by atoms with E-state index in [4.69, 9.17) is 4.74 Å². The van der Waals surface area contributed by atoms with E-state index >= 15 is 0 Å². The van der Waals surface area contributed by atoms with Crippen molar-refractivity contribution in [2.45, 2.75) is 60.1 Å². The van der Waals surface area contributed by atoms with Crippen LogP contribution in [0.4, 0.5) is 13.2 Å². The van der Waals surface area contributed by atoms with Crippen LogP contribution in [-0.4, -0.2) is 5.78 Å². The molecule has 2 nitrogen and oxygen atoms in total. The molecule has 0 amide bonds. The normalized spacial score (nSPS) is 14.8. The van der Waals surface area contributed by atoms with Gasteiger partial charge in [-0.3, -0.25) is 4.79 Å². The Balaban J connectivity index is 0.00000841. The number of carbonyl (C=O) groups is 1. The molecule has 3 unspecified atom stereocenters. The summed E-state index contributed by atoms with van der Waals surface area (Å²) >= 11 is 0. The maximum absolute atomic E-state index is 13.0. The third kappa shape index (κ3) is 8.79. The maximum atomic E-state index is 13.0. The molecule has 0 fully saturated rings. The molecule has 0 radical (unpaired) electrons. The minimum Gasteiger partial charge on any atom is -0.715 e. The topological polar surface area (TPSA) is 26.3 Å². The van der Waals surface area contributed by atoms with Gasteiger partial charge in [0.25, 0.3) is 0 Å². The molecule has 0 aliphatic heterocycles. The average molecular weight is 592 g/mol. The zero-order valence-electron chi connectivity index (χ0n) is 18.3. The van der Waals surface area contributed by atoms with Crippen LogP contribution in [0.3, 0.4) is 0 Å². The Kier molecular flexibility index (Phi) is 12.6. The predicted octanol–water partition coefficient (Wildman–Crippen LogP) is 7.19. The zero-order chi connectivity index (χ0) is 22.2.